The fourth-order valence-electron chi connectivity index (χ4n) is 2.07. The molecule has 0 amide bonds. The highest BCUT2D eigenvalue weighted by atomic mass is 32.1. The summed E-state index contributed by atoms with van der Waals surface area (Å²) >= 11 is 1.65. The zero-order valence-electron chi connectivity index (χ0n) is 11.7. The van der Waals surface area contributed by atoms with Gasteiger partial charge in [-0.2, -0.15) is 0 Å². The molecule has 2 N–H and O–H groups in total. The first-order chi connectivity index (χ1) is 9.58. The van der Waals surface area contributed by atoms with Gasteiger partial charge in [0.05, 0.1) is 0 Å². The van der Waals surface area contributed by atoms with Crippen LogP contribution in [-0.4, -0.2) is 17.1 Å². The molecule has 106 valence electrons. The second-order valence-corrected chi connectivity index (χ2v) is 6.10. The van der Waals surface area contributed by atoms with Crippen LogP contribution in [-0.2, 0) is 11.3 Å². The van der Waals surface area contributed by atoms with Crippen LogP contribution in [0.5, 0.6) is 0 Å². The van der Waals surface area contributed by atoms with E-state index in [9.17, 15) is 4.79 Å². The van der Waals surface area contributed by atoms with Crippen molar-refractivity contribution >= 4 is 17.3 Å². The van der Waals surface area contributed by atoms with Crippen molar-refractivity contribution in [2.45, 2.75) is 26.4 Å². The summed E-state index contributed by atoms with van der Waals surface area (Å²) in [4.78, 5) is 12.3. The summed E-state index contributed by atoms with van der Waals surface area (Å²) in [6.45, 7) is 4.41. The van der Waals surface area contributed by atoms with E-state index in [2.05, 4.69) is 28.9 Å². The van der Waals surface area contributed by atoms with Gasteiger partial charge in [0.1, 0.15) is 6.04 Å². The van der Waals surface area contributed by atoms with Gasteiger partial charge in [0.15, 0.2) is 0 Å². The lowest BCUT2D eigenvalue weighted by atomic mass is 10.0. The van der Waals surface area contributed by atoms with E-state index in [0.29, 0.717) is 6.54 Å². The van der Waals surface area contributed by atoms with Gasteiger partial charge in [0.2, 0.25) is 0 Å². The smallest absolute Gasteiger partial charge is 0.320 e. The molecule has 0 saturated carbocycles. The average molecular weight is 289 g/mol. The SMILES string of the molecule is CC(C)C(NCc1cc(-c2ccccc2)cs1)C(=O)O. The van der Waals surface area contributed by atoms with Crippen molar-refractivity contribution in [3.8, 4) is 11.1 Å². The van der Waals surface area contributed by atoms with E-state index in [1.165, 1.54) is 11.1 Å². The van der Waals surface area contributed by atoms with Crippen LogP contribution in [0.4, 0.5) is 0 Å². The summed E-state index contributed by atoms with van der Waals surface area (Å²) in [5.41, 5.74) is 2.37. The predicted molar refractivity (Wildman–Crippen MR) is 82.9 cm³/mol. The first-order valence-corrected chi connectivity index (χ1v) is 7.55. The highest BCUT2D eigenvalue weighted by Gasteiger charge is 2.20. The maximum absolute atomic E-state index is 11.1. The van der Waals surface area contributed by atoms with Crippen molar-refractivity contribution in [1.82, 2.24) is 5.32 Å². The Morgan fingerprint density at radius 3 is 2.55 bits per heavy atom. The largest absolute Gasteiger partial charge is 0.480 e. The number of rotatable bonds is 6. The number of aliphatic carboxylic acids is 1. The number of carboxylic acids is 1. The number of hydrogen-bond donors (Lipinski definition) is 2. The van der Waals surface area contributed by atoms with Crippen molar-refractivity contribution in [1.29, 1.82) is 0 Å². The summed E-state index contributed by atoms with van der Waals surface area (Å²) in [5.74, 6) is -0.721. The number of carboxylic acid groups (broad SMARTS) is 1. The molecule has 0 spiro atoms. The van der Waals surface area contributed by atoms with Crippen LogP contribution in [0, 0.1) is 5.92 Å². The third-order valence-corrected chi connectivity index (χ3v) is 4.13. The molecule has 0 aliphatic rings. The van der Waals surface area contributed by atoms with E-state index in [0.717, 1.165) is 4.88 Å². The molecule has 0 aliphatic carbocycles. The van der Waals surface area contributed by atoms with Crippen LogP contribution in [0.25, 0.3) is 11.1 Å². The van der Waals surface area contributed by atoms with Gasteiger partial charge in [-0.05, 0) is 28.5 Å². The third kappa shape index (κ3) is 3.68. The molecule has 0 bridgehead atoms. The molecular weight excluding hydrogens is 270 g/mol. The van der Waals surface area contributed by atoms with Crippen LogP contribution in [0.2, 0.25) is 0 Å². The monoisotopic (exact) mass is 289 g/mol. The van der Waals surface area contributed by atoms with Crippen molar-refractivity contribution in [2.75, 3.05) is 0 Å². The summed E-state index contributed by atoms with van der Waals surface area (Å²) in [7, 11) is 0. The lowest BCUT2D eigenvalue weighted by Crippen LogP contribution is -2.40. The van der Waals surface area contributed by atoms with Gasteiger partial charge in [-0.25, -0.2) is 0 Å². The van der Waals surface area contributed by atoms with Crippen molar-refractivity contribution in [3.05, 3.63) is 46.7 Å². The summed E-state index contributed by atoms with van der Waals surface area (Å²) in [6, 6.07) is 11.8. The van der Waals surface area contributed by atoms with E-state index in [-0.39, 0.29) is 5.92 Å². The van der Waals surface area contributed by atoms with E-state index < -0.39 is 12.0 Å². The molecule has 0 saturated heterocycles. The molecule has 20 heavy (non-hydrogen) atoms. The van der Waals surface area contributed by atoms with Crippen LogP contribution in [0.15, 0.2) is 41.8 Å². The lowest BCUT2D eigenvalue weighted by Gasteiger charge is -2.17. The fourth-order valence-corrected chi connectivity index (χ4v) is 2.92. The summed E-state index contributed by atoms with van der Waals surface area (Å²) in [5, 5.41) is 14.4. The van der Waals surface area contributed by atoms with Crippen LogP contribution >= 0.6 is 11.3 Å². The minimum Gasteiger partial charge on any atom is -0.480 e. The Bertz CT molecular complexity index is 563. The molecule has 1 aromatic heterocycles. The molecule has 1 aromatic carbocycles. The maximum atomic E-state index is 11.1. The molecule has 1 heterocycles. The first kappa shape index (κ1) is 14.8. The molecule has 0 aliphatic heterocycles. The maximum Gasteiger partial charge on any atom is 0.320 e. The summed E-state index contributed by atoms with van der Waals surface area (Å²) < 4.78 is 0. The minimum atomic E-state index is -0.792. The van der Waals surface area contributed by atoms with Crippen LogP contribution < -0.4 is 5.32 Å². The normalized spacial score (nSPS) is 12.6. The number of nitrogens with one attached hydrogen (secondary N) is 1. The van der Waals surface area contributed by atoms with Gasteiger partial charge in [-0.1, -0.05) is 44.2 Å². The average Bonchev–Trinajstić information content (AvgIpc) is 2.88. The van der Waals surface area contributed by atoms with Gasteiger partial charge in [-0.15, -0.1) is 11.3 Å². The second kappa shape index (κ2) is 6.68. The fraction of sp³-hybridized carbons (Fsp3) is 0.312. The van der Waals surface area contributed by atoms with Gasteiger partial charge >= 0.3 is 5.97 Å². The second-order valence-electron chi connectivity index (χ2n) is 5.11. The highest BCUT2D eigenvalue weighted by molar-refractivity contribution is 7.10. The Labute approximate surface area is 123 Å². The molecule has 0 radical (unpaired) electrons. The number of hydrogen-bond acceptors (Lipinski definition) is 3. The molecule has 4 heteroatoms. The molecule has 2 aromatic rings. The highest BCUT2D eigenvalue weighted by Crippen LogP contribution is 2.25. The molecule has 2 rings (SSSR count). The number of carbonyl (C=O) groups is 1. The van der Waals surface area contributed by atoms with Gasteiger partial charge in [0, 0.05) is 11.4 Å². The zero-order chi connectivity index (χ0) is 14.5. The minimum absolute atomic E-state index is 0.0704. The Hall–Kier alpha value is -1.65. The lowest BCUT2D eigenvalue weighted by molar-refractivity contribution is -0.140. The molecule has 1 unspecified atom stereocenters. The Morgan fingerprint density at radius 2 is 1.95 bits per heavy atom. The van der Waals surface area contributed by atoms with E-state index in [1.54, 1.807) is 11.3 Å². The predicted octanol–water partition coefficient (Wildman–Crippen LogP) is 3.61. The van der Waals surface area contributed by atoms with E-state index in [4.69, 9.17) is 5.11 Å². The summed E-state index contributed by atoms with van der Waals surface area (Å²) in [6.07, 6.45) is 0. The van der Waals surface area contributed by atoms with E-state index >= 15 is 0 Å². The molecule has 3 nitrogen and oxygen atoms in total. The number of thiophene rings is 1. The zero-order valence-corrected chi connectivity index (χ0v) is 12.5. The Morgan fingerprint density at radius 1 is 1.25 bits per heavy atom. The molecule has 1 atom stereocenters. The standard InChI is InChI=1S/C16H19NO2S/c1-11(2)15(16(18)19)17-9-14-8-13(10-20-14)12-6-4-3-5-7-12/h3-8,10-11,15,17H,9H2,1-2H3,(H,18,19). The van der Waals surface area contributed by atoms with Gasteiger partial charge < -0.3 is 5.11 Å². The Kier molecular flexibility index (Phi) is 4.93. The third-order valence-electron chi connectivity index (χ3n) is 3.19. The van der Waals surface area contributed by atoms with Crippen molar-refractivity contribution in [2.24, 2.45) is 5.92 Å². The molecular formula is C16H19NO2S. The van der Waals surface area contributed by atoms with Crippen LogP contribution in [0.1, 0.15) is 18.7 Å². The number of benzene rings is 1. The van der Waals surface area contributed by atoms with Crippen molar-refractivity contribution < 1.29 is 9.90 Å². The Balaban J connectivity index is 2.02. The molecule has 0 fully saturated rings. The topological polar surface area (TPSA) is 49.3 Å². The first-order valence-electron chi connectivity index (χ1n) is 6.67. The van der Waals surface area contributed by atoms with Crippen molar-refractivity contribution in [3.63, 3.8) is 0 Å². The van der Waals surface area contributed by atoms with Gasteiger partial charge in [0.25, 0.3) is 0 Å². The van der Waals surface area contributed by atoms with Crippen LogP contribution in [0.3, 0.4) is 0 Å². The van der Waals surface area contributed by atoms with E-state index in [1.807, 2.05) is 32.0 Å². The van der Waals surface area contributed by atoms with Gasteiger partial charge in [-0.3, -0.25) is 10.1 Å². The quantitative estimate of drug-likeness (QED) is 0.854.